The quantitative estimate of drug-likeness (QED) is 0.805. The van der Waals surface area contributed by atoms with Gasteiger partial charge in [-0.15, -0.1) is 0 Å². The molecule has 17 heavy (non-hydrogen) atoms. The lowest BCUT2D eigenvalue weighted by Crippen LogP contribution is -2.40. The molecule has 0 aliphatic carbocycles. The van der Waals surface area contributed by atoms with Crippen LogP contribution in [0.15, 0.2) is 12.3 Å². The van der Waals surface area contributed by atoms with E-state index in [0.29, 0.717) is 12.5 Å². The third kappa shape index (κ3) is 2.04. The van der Waals surface area contributed by atoms with E-state index >= 15 is 0 Å². The zero-order valence-electron chi connectivity index (χ0n) is 9.37. The molecule has 1 saturated heterocycles. The van der Waals surface area contributed by atoms with Gasteiger partial charge in [-0.05, 0) is 18.4 Å². The Morgan fingerprint density at radius 3 is 3.12 bits per heavy atom. The number of carboxylic acid groups (broad SMARTS) is 1. The number of hydrogen-bond donors (Lipinski definition) is 1. The van der Waals surface area contributed by atoms with E-state index in [4.69, 9.17) is 5.26 Å². The van der Waals surface area contributed by atoms with Gasteiger partial charge in [0.25, 0.3) is 0 Å². The van der Waals surface area contributed by atoms with Gasteiger partial charge in [-0.2, -0.15) is 5.26 Å². The van der Waals surface area contributed by atoms with Crippen molar-refractivity contribution in [2.45, 2.75) is 19.4 Å². The van der Waals surface area contributed by atoms with Gasteiger partial charge in [0.1, 0.15) is 17.8 Å². The maximum atomic E-state index is 11.2. The zero-order valence-corrected chi connectivity index (χ0v) is 9.37. The summed E-state index contributed by atoms with van der Waals surface area (Å²) in [7, 11) is 0. The maximum absolute atomic E-state index is 11.2. The van der Waals surface area contributed by atoms with Crippen LogP contribution in [0.25, 0.3) is 0 Å². The minimum Gasteiger partial charge on any atom is -0.480 e. The van der Waals surface area contributed by atoms with Crippen LogP contribution in [0.3, 0.4) is 0 Å². The fraction of sp³-hybridized carbons (Fsp3) is 0.455. The number of aromatic nitrogens is 2. The third-order valence-corrected chi connectivity index (χ3v) is 2.97. The van der Waals surface area contributed by atoms with Gasteiger partial charge >= 0.3 is 5.97 Å². The van der Waals surface area contributed by atoms with Crippen molar-refractivity contribution in [1.82, 2.24) is 9.97 Å². The fourth-order valence-corrected chi connectivity index (χ4v) is 2.10. The van der Waals surface area contributed by atoms with Gasteiger partial charge in [0.2, 0.25) is 5.95 Å². The molecule has 1 N–H and O–H groups in total. The molecule has 6 heteroatoms. The summed E-state index contributed by atoms with van der Waals surface area (Å²) in [5.74, 6) is -0.497. The number of aliphatic carboxylic acids is 1. The van der Waals surface area contributed by atoms with Crippen LogP contribution < -0.4 is 4.90 Å². The van der Waals surface area contributed by atoms with Crippen molar-refractivity contribution in [3.63, 3.8) is 0 Å². The second-order valence-electron chi connectivity index (χ2n) is 4.10. The molecule has 1 aliphatic heterocycles. The van der Waals surface area contributed by atoms with E-state index in [1.807, 2.05) is 13.0 Å². The zero-order chi connectivity index (χ0) is 12.4. The highest BCUT2D eigenvalue weighted by Gasteiger charge is 2.38. The number of carboxylic acids is 1. The molecular weight excluding hydrogens is 220 g/mol. The van der Waals surface area contributed by atoms with Crippen molar-refractivity contribution < 1.29 is 9.90 Å². The Hall–Kier alpha value is -2.16. The Labute approximate surface area is 98.5 Å². The Bertz CT molecular complexity index is 483. The lowest BCUT2D eigenvalue weighted by Gasteiger charge is -2.22. The molecule has 6 nitrogen and oxygen atoms in total. The summed E-state index contributed by atoms with van der Waals surface area (Å²) in [6.45, 7) is 2.50. The summed E-state index contributed by atoms with van der Waals surface area (Å²) < 4.78 is 0. The summed E-state index contributed by atoms with van der Waals surface area (Å²) in [5.41, 5.74) is 0.249. The molecule has 0 amide bonds. The minimum atomic E-state index is -0.874. The van der Waals surface area contributed by atoms with Gasteiger partial charge in [0.05, 0.1) is 0 Å². The van der Waals surface area contributed by atoms with E-state index in [2.05, 4.69) is 9.97 Å². The van der Waals surface area contributed by atoms with Gasteiger partial charge in [-0.3, -0.25) is 0 Å². The summed E-state index contributed by atoms with van der Waals surface area (Å²) >= 11 is 0. The number of nitriles is 1. The van der Waals surface area contributed by atoms with Crippen molar-refractivity contribution in [2.75, 3.05) is 11.4 Å². The Morgan fingerprint density at radius 1 is 1.71 bits per heavy atom. The number of anilines is 1. The molecule has 0 spiro atoms. The Kier molecular flexibility index (Phi) is 2.91. The minimum absolute atomic E-state index is 0.0573. The molecule has 88 valence electrons. The van der Waals surface area contributed by atoms with Crippen LogP contribution in [-0.4, -0.2) is 33.6 Å². The number of hydrogen-bond acceptors (Lipinski definition) is 5. The fourth-order valence-electron chi connectivity index (χ4n) is 2.10. The normalized spacial score (nSPS) is 23.4. The monoisotopic (exact) mass is 232 g/mol. The molecule has 1 aromatic rings. The first-order valence-corrected chi connectivity index (χ1v) is 5.36. The first-order valence-electron chi connectivity index (χ1n) is 5.36. The highest BCUT2D eigenvalue weighted by atomic mass is 16.4. The Balaban J connectivity index is 2.33. The maximum Gasteiger partial charge on any atom is 0.326 e. The largest absolute Gasteiger partial charge is 0.480 e. The van der Waals surface area contributed by atoms with Gasteiger partial charge in [0.15, 0.2) is 0 Å². The lowest BCUT2D eigenvalue weighted by molar-refractivity contribution is -0.139. The average Bonchev–Trinajstić information content (AvgIpc) is 2.71. The SMILES string of the molecule is CC1CCN(c2nccc(C#N)n2)C1C(=O)O. The molecule has 2 atom stereocenters. The molecule has 2 unspecified atom stereocenters. The van der Waals surface area contributed by atoms with Crippen LogP contribution in [0.1, 0.15) is 19.0 Å². The van der Waals surface area contributed by atoms with Crippen molar-refractivity contribution in [1.29, 1.82) is 5.26 Å². The summed E-state index contributed by atoms with van der Waals surface area (Å²) in [5, 5.41) is 17.9. The van der Waals surface area contributed by atoms with Gasteiger partial charge < -0.3 is 10.0 Å². The van der Waals surface area contributed by atoms with Gasteiger partial charge in [-0.1, -0.05) is 6.92 Å². The van der Waals surface area contributed by atoms with Gasteiger partial charge in [0, 0.05) is 12.7 Å². The molecule has 0 aromatic carbocycles. The van der Waals surface area contributed by atoms with E-state index in [0.717, 1.165) is 6.42 Å². The molecule has 1 aliphatic rings. The van der Waals surface area contributed by atoms with Crippen molar-refractivity contribution in [2.24, 2.45) is 5.92 Å². The van der Waals surface area contributed by atoms with Crippen LogP contribution in [-0.2, 0) is 4.79 Å². The second-order valence-corrected chi connectivity index (χ2v) is 4.10. The first-order chi connectivity index (χ1) is 8.13. The summed E-state index contributed by atoms with van der Waals surface area (Å²) in [6, 6.07) is 2.81. The van der Waals surface area contributed by atoms with Gasteiger partial charge in [-0.25, -0.2) is 14.8 Å². The topological polar surface area (TPSA) is 90.1 Å². The smallest absolute Gasteiger partial charge is 0.326 e. The average molecular weight is 232 g/mol. The van der Waals surface area contributed by atoms with Crippen LogP contribution in [0.2, 0.25) is 0 Å². The van der Waals surface area contributed by atoms with E-state index in [9.17, 15) is 9.90 Å². The van der Waals surface area contributed by atoms with Crippen molar-refractivity contribution in [3.05, 3.63) is 18.0 Å². The molecular formula is C11H12N4O2. The van der Waals surface area contributed by atoms with Crippen molar-refractivity contribution >= 4 is 11.9 Å². The summed E-state index contributed by atoms with van der Waals surface area (Å²) in [6.07, 6.45) is 2.26. The lowest BCUT2D eigenvalue weighted by atomic mass is 10.0. The van der Waals surface area contributed by atoms with Crippen LogP contribution in [0.5, 0.6) is 0 Å². The molecule has 0 radical (unpaired) electrons. The predicted octanol–water partition coefficient (Wildman–Crippen LogP) is 0.648. The van der Waals surface area contributed by atoms with Crippen LogP contribution in [0.4, 0.5) is 5.95 Å². The summed E-state index contributed by atoms with van der Waals surface area (Å²) in [4.78, 5) is 20.9. The predicted molar refractivity (Wildman–Crippen MR) is 59.3 cm³/mol. The molecule has 0 bridgehead atoms. The van der Waals surface area contributed by atoms with E-state index < -0.39 is 12.0 Å². The van der Waals surface area contributed by atoms with E-state index in [1.54, 1.807) is 4.90 Å². The molecule has 2 rings (SSSR count). The highest BCUT2D eigenvalue weighted by Crippen LogP contribution is 2.27. The third-order valence-electron chi connectivity index (χ3n) is 2.97. The van der Waals surface area contributed by atoms with E-state index in [1.165, 1.54) is 12.3 Å². The molecule has 2 heterocycles. The number of nitrogens with zero attached hydrogens (tertiary/aromatic N) is 4. The highest BCUT2D eigenvalue weighted by molar-refractivity contribution is 5.78. The van der Waals surface area contributed by atoms with Crippen molar-refractivity contribution in [3.8, 4) is 6.07 Å². The number of rotatable bonds is 2. The second kappa shape index (κ2) is 4.37. The Morgan fingerprint density at radius 2 is 2.47 bits per heavy atom. The molecule has 1 fully saturated rings. The first kappa shape index (κ1) is 11.3. The van der Waals surface area contributed by atoms with Crippen LogP contribution in [0, 0.1) is 17.2 Å². The molecule has 1 aromatic heterocycles. The standard InChI is InChI=1S/C11H12N4O2/c1-7-3-5-15(9(7)10(16)17)11-13-4-2-8(6-12)14-11/h2,4,7,9H,3,5H2,1H3,(H,16,17). The van der Waals surface area contributed by atoms with E-state index in [-0.39, 0.29) is 11.6 Å². The number of carbonyl (C=O) groups is 1. The van der Waals surface area contributed by atoms with Crippen LogP contribution >= 0.6 is 0 Å². The molecule has 0 saturated carbocycles.